The molecule has 0 aliphatic carbocycles. The standard InChI is InChI=1S/C25H17BrClFN2O5S/c1-34-20-10-14(11-22-24(32)30(25(33)36-22)18-8-2-15(27)3-9-18)19(26)12-21(20)35-13-23(31)29-17-6-4-16(28)5-7-17/h2-12H,13H2,1H3,(H,29,31)/b22-11+. The number of hydrogen-bond acceptors (Lipinski definition) is 6. The Labute approximate surface area is 223 Å². The number of imide groups is 1. The molecule has 0 unspecified atom stereocenters. The first-order valence-electron chi connectivity index (χ1n) is 10.3. The maximum Gasteiger partial charge on any atom is 0.298 e. The highest BCUT2D eigenvalue weighted by Crippen LogP contribution is 2.39. The Balaban J connectivity index is 1.49. The summed E-state index contributed by atoms with van der Waals surface area (Å²) in [6.45, 7) is -0.320. The minimum atomic E-state index is -0.462. The van der Waals surface area contributed by atoms with Crippen LogP contribution in [0.5, 0.6) is 11.5 Å². The van der Waals surface area contributed by atoms with Gasteiger partial charge < -0.3 is 14.8 Å². The third-order valence-corrected chi connectivity index (χ3v) is 6.74. The van der Waals surface area contributed by atoms with Crippen LogP contribution in [0.2, 0.25) is 5.02 Å². The number of benzene rings is 3. The average molecular weight is 592 g/mol. The van der Waals surface area contributed by atoms with Gasteiger partial charge in [0.05, 0.1) is 17.7 Å². The molecular formula is C25H17BrClFN2O5S. The van der Waals surface area contributed by atoms with Gasteiger partial charge in [0.15, 0.2) is 18.1 Å². The predicted octanol–water partition coefficient (Wildman–Crippen LogP) is 6.51. The highest BCUT2D eigenvalue weighted by atomic mass is 79.9. The smallest absolute Gasteiger partial charge is 0.298 e. The van der Waals surface area contributed by atoms with Crippen molar-refractivity contribution < 1.29 is 28.2 Å². The number of amides is 3. The van der Waals surface area contributed by atoms with Gasteiger partial charge in [0.25, 0.3) is 17.1 Å². The molecule has 3 amide bonds. The third-order valence-electron chi connectivity index (χ3n) is 4.93. The van der Waals surface area contributed by atoms with Crippen molar-refractivity contribution in [2.75, 3.05) is 23.9 Å². The quantitative estimate of drug-likeness (QED) is 0.316. The van der Waals surface area contributed by atoms with Gasteiger partial charge in [-0.05, 0) is 84.1 Å². The zero-order valence-corrected chi connectivity index (χ0v) is 21.7. The molecular weight excluding hydrogens is 575 g/mol. The van der Waals surface area contributed by atoms with Gasteiger partial charge in [-0.2, -0.15) is 0 Å². The van der Waals surface area contributed by atoms with Gasteiger partial charge in [-0.25, -0.2) is 9.29 Å². The summed E-state index contributed by atoms with van der Waals surface area (Å²) in [5, 5.41) is 2.67. The average Bonchev–Trinajstić information content (AvgIpc) is 3.13. The molecule has 3 aromatic rings. The Kier molecular flexibility index (Phi) is 7.97. The summed E-state index contributed by atoms with van der Waals surface area (Å²) in [5.74, 6) is -0.717. The molecule has 0 saturated carbocycles. The van der Waals surface area contributed by atoms with Crippen molar-refractivity contribution in [3.63, 3.8) is 0 Å². The van der Waals surface area contributed by atoms with Crippen LogP contribution in [0.25, 0.3) is 6.08 Å². The summed E-state index contributed by atoms with van der Waals surface area (Å²) < 4.78 is 24.6. The maximum absolute atomic E-state index is 13.0. The zero-order chi connectivity index (χ0) is 25.8. The van der Waals surface area contributed by atoms with Gasteiger partial charge >= 0.3 is 0 Å². The second-order valence-corrected chi connectivity index (χ2v) is 9.65. The van der Waals surface area contributed by atoms with Crippen molar-refractivity contribution in [3.8, 4) is 11.5 Å². The van der Waals surface area contributed by atoms with Gasteiger partial charge in [-0.3, -0.25) is 14.4 Å². The molecule has 184 valence electrons. The molecule has 36 heavy (non-hydrogen) atoms. The second kappa shape index (κ2) is 11.2. The van der Waals surface area contributed by atoms with Crippen LogP contribution in [-0.4, -0.2) is 30.8 Å². The molecule has 11 heteroatoms. The van der Waals surface area contributed by atoms with Gasteiger partial charge in [0, 0.05) is 15.2 Å². The normalized spacial score (nSPS) is 14.3. The van der Waals surface area contributed by atoms with Crippen LogP contribution in [0, 0.1) is 5.82 Å². The predicted molar refractivity (Wildman–Crippen MR) is 141 cm³/mol. The number of methoxy groups -OCH3 is 1. The van der Waals surface area contributed by atoms with Crippen molar-refractivity contribution in [1.82, 2.24) is 0 Å². The molecule has 0 bridgehead atoms. The molecule has 0 radical (unpaired) electrons. The molecule has 1 aliphatic rings. The van der Waals surface area contributed by atoms with Gasteiger partial charge in [0.1, 0.15) is 5.82 Å². The second-order valence-electron chi connectivity index (χ2n) is 7.36. The maximum atomic E-state index is 13.0. The number of carbonyl (C=O) groups excluding carboxylic acids is 3. The van der Waals surface area contributed by atoms with Crippen LogP contribution >= 0.6 is 39.3 Å². The number of anilines is 2. The summed E-state index contributed by atoms with van der Waals surface area (Å²) >= 11 is 10.2. The fraction of sp³-hybridized carbons (Fsp3) is 0.0800. The minimum Gasteiger partial charge on any atom is -0.493 e. The fourth-order valence-corrected chi connectivity index (χ4v) is 4.62. The number of carbonyl (C=O) groups is 3. The van der Waals surface area contributed by atoms with Crippen molar-refractivity contribution in [2.45, 2.75) is 0 Å². The number of hydrogen-bond donors (Lipinski definition) is 1. The van der Waals surface area contributed by atoms with E-state index >= 15 is 0 Å². The van der Waals surface area contributed by atoms with Crippen molar-refractivity contribution >= 4 is 73.8 Å². The van der Waals surface area contributed by atoms with Gasteiger partial charge in [-0.1, -0.05) is 27.5 Å². The Morgan fingerprint density at radius 2 is 1.81 bits per heavy atom. The summed E-state index contributed by atoms with van der Waals surface area (Å²) in [6.07, 6.45) is 1.57. The van der Waals surface area contributed by atoms with Crippen molar-refractivity contribution in [1.29, 1.82) is 0 Å². The van der Waals surface area contributed by atoms with E-state index in [0.29, 0.717) is 32.2 Å². The van der Waals surface area contributed by atoms with Gasteiger partial charge in [-0.15, -0.1) is 0 Å². The highest BCUT2D eigenvalue weighted by molar-refractivity contribution is 9.10. The van der Waals surface area contributed by atoms with Crippen LogP contribution in [0.1, 0.15) is 5.56 Å². The summed E-state index contributed by atoms with van der Waals surface area (Å²) in [6, 6.07) is 15.0. The van der Waals surface area contributed by atoms with E-state index in [1.54, 1.807) is 42.5 Å². The van der Waals surface area contributed by atoms with E-state index in [1.807, 2.05) is 0 Å². The van der Waals surface area contributed by atoms with E-state index in [9.17, 15) is 18.8 Å². The summed E-state index contributed by atoms with van der Waals surface area (Å²) in [4.78, 5) is 39.0. The van der Waals surface area contributed by atoms with Crippen LogP contribution in [0.15, 0.2) is 70.0 Å². The molecule has 1 heterocycles. The first-order chi connectivity index (χ1) is 17.2. The molecule has 0 aromatic heterocycles. The summed E-state index contributed by atoms with van der Waals surface area (Å²) in [7, 11) is 1.44. The highest BCUT2D eigenvalue weighted by Gasteiger charge is 2.36. The molecule has 0 atom stereocenters. The molecule has 1 saturated heterocycles. The van der Waals surface area contributed by atoms with Crippen molar-refractivity contribution in [3.05, 3.63) is 86.4 Å². The van der Waals surface area contributed by atoms with E-state index in [2.05, 4.69) is 21.2 Å². The molecule has 1 fully saturated rings. The van der Waals surface area contributed by atoms with E-state index < -0.39 is 22.9 Å². The number of rotatable bonds is 7. The lowest BCUT2D eigenvalue weighted by atomic mass is 10.1. The third kappa shape index (κ3) is 5.89. The molecule has 7 nitrogen and oxygen atoms in total. The van der Waals surface area contributed by atoms with E-state index in [-0.39, 0.29) is 17.3 Å². The zero-order valence-electron chi connectivity index (χ0n) is 18.6. The molecule has 1 aliphatic heterocycles. The monoisotopic (exact) mass is 590 g/mol. The fourth-order valence-electron chi connectivity index (χ4n) is 3.23. The number of ether oxygens (including phenoxy) is 2. The first kappa shape index (κ1) is 25.7. The van der Waals surface area contributed by atoms with Crippen LogP contribution in [0.4, 0.5) is 20.6 Å². The van der Waals surface area contributed by atoms with Crippen LogP contribution in [0.3, 0.4) is 0 Å². The number of nitrogens with zero attached hydrogens (tertiary/aromatic N) is 1. The van der Waals surface area contributed by atoms with E-state index in [1.165, 1.54) is 31.4 Å². The van der Waals surface area contributed by atoms with Crippen molar-refractivity contribution in [2.24, 2.45) is 0 Å². The van der Waals surface area contributed by atoms with Gasteiger partial charge in [0.2, 0.25) is 0 Å². The largest absolute Gasteiger partial charge is 0.493 e. The molecule has 1 N–H and O–H groups in total. The van der Waals surface area contributed by atoms with E-state index in [0.717, 1.165) is 16.7 Å². The van der Waals surface area contributed by atoms with Crippen LogP contribution in [-0.2, 0) is 9.59 Å². The topological polar surface area (TPSA) is 84.9 Å². The Morgan fingerprint density at radius 1 is 1.11 bits per heavy atom. The SMILES string of the molecule is COc1cc(/C=C2/SC(=O)N(c3ccc(Cl)cc3)C2=O)c(Br)cc1OCC(=O)Nc1ccc(F)cc1. The summed E-state index contributed by atoms with van der Waals surface area (Å²) in [5.41, 5.74) is 1.42. The Morgan fingerprint density at radius 3 is 2.47 bits per heavy atom. The number of thioether (sulfide) groups is 1. The first-order valence-corrected chi connectivity index (χ1v) is 12.3. The van der Waals surface area contributed by atoms with Crippen LogP contribution < -0.4 is 19.7 Å². The minimum absolute atomic E-state index is 0.227. The molecule has 3 aromatic carbocycles. The molecule has 0 spiro atoms. The Hall–Kier alpha value is -3.34. The Bertz CT molecular complexity index is 1370. The lowest BCUT2D eigenvalue weighted by Gasteiger charge is -2.13. The molecule has 4 rings (SSSR count). The lowest BCUT2D eigenvalue weighted by molar-refractivity contribution is -0.118. The lowest BCUT2D eigenvalue weighted by Crippen LogP contribution is -2.27. The number of nitrogens with one attached hydrogen (secondary N) is 1. The van der Waals surface area contributed by atoms with E-state index in [4.69, 9.17) is 21.1 Å². The number of halogens is 3.